The first-order valence-electron chi connectivity index (χ1n) is 5.91. The van der Waals surface area contributed by atoms with Crippen LogP contribution in [0.2, 0.25) is 0 Å². The van der Waals surface area contributed by atoms with Gasteiger partial charge in [-0.25, -0.2) is 9.37 Å². The zero-order valence-corrected chi connectivity index (χ0v) is 10.2. The number of hydrogen-bond donors (Lipinski definition) is 2. The largest absolute Gasteiger partial charge is 0.321 e. The lowest BCUT2D eigenvalue weighted by atomic mass is 10.1. The van der Waals surface area contributed by atoms with Crippen LogP contribution >= 0.6 is 0 Å². The van der Waals surface area contributed by atoms with E-state index in [-0.39, 0.29) is 11.7 Å². The second-order valence-electron chi connectivity index (χ2n) is 4.20. The van der Waals surface area contributed by atoms with Crippen LogP contribution in [0.5, 0.6) is 0 Å². The van der Waals surface area contributed by atoms with Crippen LogP contribution in [0.4, 0.5) is 10.1 Å². The monoisotopic (exact) mass is 258 g/mol. The molecule has 2 heterocycles. The van der Waals surface area contributed by atoms with Crippen molar-refractivity contribution < 1.29 is 9.18 Å². The lowest BCUT2D eigenvalue weighted by Gasteiger charge is -1.97. The molecule has 5 nitrogen and oxygen atoms in total. The maximum Gasteiger partial charge on any atom is 0.256 e. The minimum atomic E-state index is -0.384. The zero-order valence-electron chi connectivity index (χ0n) is 10.2. The van der Waals surface area contributed by atoms with Crippen LogP contribution in [0.15, 0.2) is 18.2 Å². The summed E-state index contributed by atoms with van der Waals surface area (Å²) >= 11 is 0. The number of nitrogens with zero attached hydrogens (tertiary/aromatic N) is 2. The van der Waals surface area contributed by atoms with E-state index >= 15 is 0 Å². The van der Waals surface area contributed by atoms with E-state index in [9.17, 15) is 9.18 Å². The van der Waals surface area contributed by atoms with Gasteiger partial charge in [0, 0.05) is 17.7 Å². The minimum absolute atomic E-state index is 0.275. The normalized spacial score (nSPS) is 15.7. The Hall–Kier alpha value is -2.50. The molecule has 1 aromatic heterocycles. The van der Waals surface area contributed by atoms with Gasteiger partial charge in [0.15, 0.2) is 5.82 Å². The van der Waals surface area contributed by atoms with Crippen molar-refractivity contribution >= 4 is 23.2 Å². The van der Waals surface area contributed by atoms with Crippen molar-refractivity contribution in [2.75, 3.05) is 5.32 Å². The molecule has 0 saturated heterocycles. The van der Waals surface area contributed by atoms with Crippen molar-refractivity contribution in [3.63, 3.8) is 0 Å². The maximum absolute atomic E-state index is 13.3. The Labute approximate surface area is 108 Å². The molecule has 0 unspecified atom stereocenters. The van der Waals surface area contributed by atoms with Gasteiger partial charge in [-0.3, -0.25) is 9.89 Å². The fraction of sp³-hybridized carbons (Fsp3) is 0.154. The van der Waals surface area contributed by atoms with Crippen LogP contribution in [-0.2, 0) is 11.2 Å². The number of anilines is 1. The lowest BCUT2D eigenvalue weighted by molar-refractivity contribution is -0.110. The summed E-state index contributed by atoms with van der Waals surface area (Å²) in [4.78, 5) is 16.1. The Morgan fingerprint density at radius 3 is 3.00 bits per heavy atom. The van der Waals surface area contributed by atoms with E-state index in [4.69, 9.17) is 0 Å². The highest BCUT2D eigenvalue weighted by atomic mass is 19.1. The van der Waals surface area contributed by atoms with Gasteiger partial charge in [0.05, 0.1) is 5.57 Å². The summed E-state index contributed by atoms with van der Waals surface area (Å²) in [5, 5.41) is 9.44. The predicted octanol–water partition coefficient (Wildman–Crippen LogP) is 2.00. The van der Waals surface area contributed by atoms with Crippen LogP contribution in [0.1, 0.15) is 24.1 Å². The Kier molecular flexibility index (Phi) is 2.63. The number of benzene rings is 1. The van der Waals surface area contributed by atoms with Gasteiger partial charge in [0.2, 0.25) is 0 Å². The molecule has 96 valence electrons. The molecule has 0 fully saturated rings. The van der Waals surface area contributed by atoms with Crippen molar-refractivity contribution in [2.24, 2.45) is 0 Å². The van der Waals surface area contributed by atoms with E-state index in [2.05, 4.69) is 20.5 Å². The van der Waals surface area contributed by atoms with Crippen molar-refractivity contribution in [2.45, 2.75) is 13.3 Å². The molecule has 19 heavy (non-hydrogen) atoms. The molecule has 1 aromatic carbocycles. The third-order valence-corrected chi connectivity index (χ3v) is 2.92. The van der Waals surface area contributed by atoms with Crippen LogP contribution in [-0.4, -0.2) is 21.1 Å². The Morgan fingerprint density at radius 2 is 2.26 bits per heavy atom. The number of carbonyl (C=O) groups excluding carboxylic acids is 1. The Bertz CT molecular complexity index is 690. The average Bonchev–Trinajstić information content (AvgIpc) is 2.96. The molecule has 1 aliphatic rings. The summed E-state index contributed by atoms with van der Waals surface area (Å²) in [5.41, 5.74) is 1.51. The number of aryl methyl sites for hydroxylation is 1. The van der Waals surface area contributed by atoms with Crippen LogP contribution < -0.4 is 5.32 Å². The summed E-state index contributed by atoms with van der Waals surface area (Å²) in [6, 6.07) is 4.18. The van der Waals surface area contributed by atoms with E-state index in [1.54, 1.807) is 12.1 Å². The molecular formula is C13H11FN4O. The van der Waals surface area contributed by atoms with Gasteiger partial charge < -0.3 is 5.32 Å². The average molecular weight is 258 g/mol. The number of H-pyrrole nitrogens is 1. The molecule has 0 atom stereocenters. The molecule has 1 amide bonds. The summed E-state index contributed by atoms with van der Waals surface area (Å²) < 4.78 is 13.3. The molecule has 0 bridgehead atoms. The SMILES string of the molecule is CCc1nc(/C=C2\C(=O)Nc3ccc(F)cc32)n[nH]1. The highest BCUT2D eigenvalue weighted by Gasteiger charge is 2.24. The maximum atomic E-state index is 13.3. The number of nitrogens with one attached hydrogen (secondary N) is 2. The van der Waals surface area contributed by atoms with Gasteiger partial charge in [-0.1, -0.05) is 6.92 Å². The summed E-state index contributed by atoms with van der Waals surface area (Å²) in [7, 11) is 0. The van der Waals surface area contributed by atoms with Gasteiger partial charge in [-0.05, 0) is 24.3 Å². The molecule has 0 spiro atoms. The van der Waals surface area contributed by atoms with E-state index in [1.165, 1.54) is 12.1 Å². The second kappa shape index (κ2) is 4.31. The topological polar surface area (TPSA) is 70.7 Å². The summed E-state index contributed by atoms with van der Waals surface area (Å²) in [6.45, 7) is 1.95. The summed E-state index contributed by atoms with van der Waals surface area (Å²) in [5.74, 6) is 0.498. The van der Waals surface area contributed by atoms with Crippen molar-refractivity contribution in [3.8, 4) is 0 Å². The fourth-order valence-electron chi connectivity index (χ4n) is 1.97. The quantitative estimate of drug-likeness (QED) is 0.809. The molecule has 0 aliphatic carbocycles. The Morgan fingerprint density at radius 1 is 1.42 bits per heavy atom. The number of amides is 1. The van der Waals surface area contributed by atoms with E-state index in [1.807, 2.05) is 6.92 Å². The van der Waals surface area contributed by atoms with Crippen LogP contribution in [0.25, 0.3) is 11.6 Å². The lowest BCUT2D eigenvalue weighted by Crippen LogP contribution is -2.03. The van der Waals surface area contributed by atoms with Gasteiger partial charge in [-0.15, -0.1) is 0 Å². The van der Waals surface area contributed by atoms with Crippen molar-refractivity contribution in [1.29, 1.82) is 0 Å². The van der Waals surface area contributed by atoms with E-state index in [0.29, 0.717) is 22.6 Å². The smallest absolute Gasteiger partial charge is 0.256 e. The zero-order chi connectivity index (χ0) is 13.4. The van der Waals surface area contributed by atoms with Gasteiger partial charge in [0.1, 0.15) is 11.6 Å². The number of rotatable bonds is 2. The molecule has 2 N–H and O–H groups in total. The highest BCUT2D eigenvalue weighted by molar-refractivity contribution is 6.34. The van der Waals surface area contributed by atoms with Crippen LogP contribution in [0, 0.1) is 5.82 Å². The molecule has 0 radical (unpaired) electrons. The third-order valence-electron chi connectivity index (χ3n) is 2.92. The predicted molar refractivity (Wildman–Crippen MR) is 68.7 cm³/mol. The number of hydrogen-bond acceptors (Lipinski definition) is 3. The first kappa shape index (κ1) is 11.6. The van der Waals surface area contributed by atoms with Crippen molar-refractivity contribution in [3.05, 3.63) is 41.2 Å². The van der Waals surface area contributed by atoms with Crippen molar-refractivity contribution in [1.82, 2.24) is 15.2 Å². The second-order valence-corrected chi connectivity index (χ2v) is 4.20. The first-order valence-corrected chi connectivity index (χ1v) is 5.91. The first-order chi connectivity index (χ1) is 9.17. The standard InChI is InChI=1S/C13H11FN4O/c1-2-11-16-12(18-17-11)6-9-8-5-7(14)3-4-10(8)15-13(9)19/h3-6H,2H2,1H3,(H,15,19)(H,16,17,18)/b9-6-. The number of aromatic nitrogens is 3. The van der Waals surface area contributed by atoms with Gasteiger partial charge in [-0.2, -0.15) is 5.10 Å². The minimum Gasteiger partial charge on any atom is -0.321 e. The molecule has 0 saturated carbocycles. The molecule has 2 aromatic rings. The summed E-state index contributed by atoms with van der Waals surface area (Å²) in [6.07, 6.45) is 2.28. The Balaban J connectivity index is 2.06. The third kappa shape index (κ3) is 2.01. The molecule has 1 aliphatic heterocycles. The van der Waals surface area contributed by atoms with E-state index in [0.717, 1.165) is 12.2 Å². The number of fused-ring (bicyclic) bond motifs is 1. The van der Waals surface area contributed by atoms with E-state index < -0.39 is 0 Å². The van der Waals surface area contributed by atoms with Crippen LogP contribution in [0.3, 0.4) is 0 Å². The number of carbonyl (C=O) groups is 1. The fourth-order valence-corrected chi connectivity index (χ4v) is 1.97. The molecular weight excluding hydrogens is 247 g/mol. The molecule has 3 rings (SSSR count). The number of halogens is 1. The van der Waals surface area contributed by atoms with Gasteiger partial charge >= 0.3 is 0 Å². The number of aromatic amines is 1. The highest BCUT2D eigenvalue weighted by Crippen LogP contribution is 2.32. The van der Waals surface area contributed by atoms with Gasteiger partial charge in [0.25, 0.3) is 5.91 Å². The molecule has 6 heteroatoms.